The maximum Gasteiger partial charge on any atom is 0.317 e. The van der Waals surface area contributed by atoms with Gasteiger partial charge in [-0.05, 0) is 32.3 Å². The van der Waals surface area contributed by atoms with Gasteiger partial charge in [0.15, 0.2) is 0 Å². The van der Waals surface area contributed by atoms with Gasteiger partial charge >= 0.3 is 12.0 Å². The zero-order chi connectivity index (χ0) is 17.9. The Bertz CT molecular complexity index is 653. The maximum atomic E-state index is 12.3. The molecule has 1 fully saturated rings. The number of piperidine rings is 1. The summed E-state index contributed by atoms with van der Waals surface area (Å²) in [5.41, 5.74) is 1.25. The van der Waals surface area contributed by atoms with Crippen LogP contribution in [0.1, 0.15) is 36.9 Å². The van der Waals surface area contributed by atoms with Crippen molar-refractivity contribution >= 4 is 17.7 Å². The number of hydrogen-bond donors (Lipinski definition) is 2. The summed E-state index contributed by atoms with van der Waals surface area (Å²) in [6.07, 6.45) is 0.875. The number of hydrogen-bond acceptors (Lipinski definition) is 4. The van der Waals surface area contributed by atoms with E-state index in [4.69, 9.17) is 5.11 Å². The number of urea groups is 1. The van der Waals surface area contributed by atoms with Gasteiger partial charge in [-0.15, -0.1) is 0 Å². The third kappa shape index (κ3) is 4.01. The molecule has 8 heteroatoms. The van der Waals surface area contributed by atoms with Crippen LogP contribution < -0.4 is 5.32 Å². The Balaban J connectivity index is 1.98. The predicted octanol–water partition coefficient (Wildman–Crippen LogP) is 2.47. The first-order valence-electron chi connectivity index (χ1n) is 7.82. The van der Waals surface area contributed by atoms with E-state index in [1.165, 1.54) is 6.07 Å². The number of nitro benzene ring substituents is 1. The van der Waals surface area contributed by atoms with Gasteiger partial charge in [0.25, 0.3) is 5.69 Å². The van der Waals surface area contributed by atoms with Gasteiger partial charge in [-0.2, -0.15) is 0 Å². The molecular formula is C16H21N3O5. The average Bonchev–Trinajstić information content (AvgIpc) is 2.54. The number of carbonyl (C=O) groups is 2. The van der Waals surface area contributed by atoms with Crippen molar-refractivity contribution in [3.63, 3.8) is 0 Å². The molecule has 0 saturated carbocycles. The smallest absolute Gasteiger partial charge is 0.317 e. The number of nitro groups is 1. The molecule has 1 aromatic rings. The van der Waals surface area contributed by atoms with E-state index in [9.17, 15) is 19.7 Å². The van der Waals surface area contributed by atoms with Gasteiger partial charge in [-0.3, -0.25) is 14.9 Å². The van der Waals surface area contributed by atoms with Crippen LogP contribution in [0.5, 0.6) is 0 Å². The third-order valence-electron chi connectivity index (χ3n) is 4.40. The fourth-order valence-electron chi connectivity index (χ4n) is 2.78. The van der Waals surface area contributed by atoms with Gasteiger partial charge in [0, 0.05) is 24.7 Å². The molecule has 0 bridgehead atoms. The lowest BCUT2D eigenvalue weighted by Crippen LogP contribution is -2.46. The van der Waals surface area contributed by atoms with Crippen LogP contribution in [0.3, 0.4) is 0 Å². The van der Waals surface area contributed by atoms with Crippen molar-refractivity contribution in [2.24, 2.45) is 5.92 Å². The molecule has 1 aromatic carbocycles. The highest BCUT2D eigenvalue weighted by Gasteiger charge is 2.27. The molecule has 1 unspecified atom stereocenters. The van der Waals surface area contributed by atoms with Crippen molar-refractivity contribution in [3.8, 4) is 0 Å². The summed E-state index contributed by atoms with van der Waals surface area (Å²) in [4.78, 5) is 35.4. The molecular weight excluding hydrogens is 314 g/mol. The lowest BCUT2D eigenvalue weighted by Gasteiger charge is -2.31. The number of aryl methyl sites for hydroxylation is 1. The van der Waals surface area contributed by atoms with Gasteiger partial charge in [-0.1, -0.05) is 12.1 Å². The molecule has 0 spiro atoms. The Kier molecular flexibility index (Phi) is 5.38. The molecule has 130 valence electrons. The number of carboxylic acids is 1. The lowest BCUT2D eigenvalue weighted by molar-refractivity contribution is -0.385. The van der Waals surface area contributed by atoms with Crippen LogP contribution in [-0.2, 0) is 4.79 Å². The number of benzene rings is 1. The topological polar surface area (TPSA) is 113 Å². The van der Waals surface area contributed by atoms with E-state index in [1.54, 1.807) is 30.9 Å². The SMILES string of the molecule is Cc1ccc(C(C)NC(=O)N2CCC(C(=O)O)CC2)cc1[N+](=O)[O-]. The van der Waals surface area contributed by atoms with Crippen molar-refractivity contribution in [2.75, 3.05) is 13.1 Å². The third-order valence-corrected chi connectivity index (χ3v) is 4.40. The van der Waals surface area contributed by atoms with Crippen molar-refractivity contribution in [3.05, 3.63) is 39.4 Å². The highest BCUT2D eigenvalue weighted by atomic mass is 16.6. The van der Waals surface area contributed by atoms with Crippen LogP contribution in [0, 0.1) is 23.0 Å². The molecule has 1 aliphatic heterocycles. The Morgan fingerprint density at radius 3 is 2.54 bits per heavy atom. The second-order valence-electron chi connectivity index (χ2n) is 6.07. The highest BCUT2D eigenvalue weighted by Crippen LogP contribution is 2.24. The summed E-state index contributed by atoms with van der Waals surface area (Å²) < 4.78 is 0. The number of aliphatic carboxylic acids is 1. The molecule has 2 amide bonds. The number of carbonyl (C=O) groups excluding carboxylic acids is 1. The second-order valence-corrected chi connectivity index (χ2v) is 6.07. The van der Waals surface area contributed by atoms with Crippen LogP contribution >= 0.6 is 0 Å². The minimum Gasteiger partial charge on any atom is -0.481 e. The summed E-state index contributed by atoms with van der Waals surface area (Å²) in [7, 11) is 0. The minimum atomic E-state index is -0.824. The lowest BCUT2D eigenvalue weighted by atomic mass is 9.97. The van der Waals surface area contributed by atoms with Gasteiger partial charge in [-0.25, -0.2) is 4.79 Å². The molecule has 1 saturated heterocycles. The monoisotopic (exact) mass is 335 g/mol. The number of nitrogens with one attached hydrogen (secondary N) is 1. The summed E-state index contributed by atoms with van der Waals surface area (Å²) in [5, 5.41) is 22.8. The zero-order valence-electron chi connectivity index (χ0n) is 13.7. The molecule has 2 rings (SSSR count). The van der Waals surface area contributed by atoms with Crippen LogP contribution in [0.25, 0.3) is 0 Å². The van der Waals surface area contributed by atoms with Crippen molar-refractivity contribution in [2.45, 2.75) is 32.7 Å². The highest BCUT2D eigenvalue weighted by molar-refractivity contribution is 5.76. The Morgan fingerprint density at radius 1 is 1.38 bits per heavy atom. The standard InChI is InChI=1S/C16H21N3O5/c1-10-3-4-13(9-14(10)19(23)24)11(2)17-16(22)18-7-5-12(6-8-18)15(20)21/h3-4,9,11-12H,5-8H2,1-2H3,(H,17,22)(H,20,21). The Hall–Kier alpha value is -2.64. The van der Waals surface area contributed by atoms with Crippen LogP contribution in [-0.4, -0.2) is 40.0 Å². The first kappa shape index (κ1) is 17.7. The Morgan fingerprint density at radius 2 is 2.00 bits per heavy atom. The maximum absolute atomic E-state index is 12.3. The first-order valence-corrected chi connectivity index (χ1v) is 7.82. The van der Waals surface area contributed by atoms with Crippen molar-refractivity contribution < 1.29 is 19.6 Å². The van der Waals surface area contributed by atoms with E-state index in [0.29, 0.717) is 37.1 Å². The second kappa shape index (κ2) is 7.29. The minimum absolute atomic E-state index is 0.0240. The summed E-state index contributed by atoms with van der Waals surface area (Å²) in [6, 6.07) is 4.22. The van der Waals surface area contributed by atoms with E-state index in [-0.39, 0.29) is 17.8 Å². The quantitative estimate of drug-likeness (QED) is 0.648. The normalized spacial score (nSPS) is 16.5. The van der Waals surface area contributed by atoms with Crippen LogP contribution in [0.4, 0.5) is 10.5 Å². The fraction of sp³-hybridized carbons (Fsp3) is 0.500. The first-order chi connectivity index (χ1) is 11.3. The number of carboxylic acid groups (broad SMARTS) is 1. The molecule has 8 nitrogen and oxygen atoms in total. The molecule has 1 heterocycles. The van der Waals surface area contributed by atoms with Crippen LogP contribution in [0.15, 0.2) is 18.2 Å². The summed E-state index contributed by atoms with van der Waals surface area (Å²) in [6.45, 7) is 4.21. The van der Waals surface area contributed by atoms with Crippen molar-refractivity contribution in [1.29, 1.82) is 0 Å². The van der Waals surface area contributed by atoms with E-state index >= 15 is 0 Å². The number of nitrogens with zero attached hydrogens (tertiary/aromatic N) is 2. The molecule has 2 N–H and O–H groups in total. The van der Waals surface area contributed by atoms with E-state index in [0.717, 1.165) is 0 Å². The molecule has 0 aliphatic carbocycles. The number of rotatable bonds is 4. The number of amides is 2. The molecule has 0 aromatic heterocycles. The van der Waals surface area contributed by atoms with E-state index in [2.05, 4.69) is 5.32 Å². The van der Waals surface area contributed by atoms with Gasteiger partial charge in [0.2, 0.25) is 0 Å². The fourth-order valence-corrected chi connectivity index (χ4v) is 2.78. The summed E-state index contributed by atoms with van der Waals surface area (Å²) >= 11 is 0. The molecule has 24 heavy (non-hydrogen) atoms. The largest absolute Gasteiger partial charge is 0.481 e. The molecule has 1 atom stereocenters. The summed E-state index contributed by atoms with van der Waals surface area (Å²) in [5.74, 6) is -1.22. The zero-order valence-corrected chi connectivity index (χ0v) is 13.7. The molecule has 0 radical (unpaired) electrons. The number of likely N-dealkylation sites (tertiary alicyclic amines) is 1. The van der Waals surface area contributed by atoms with Gasteiger partial charge in [0.1, 0.15) is 0 Å². The molecule has 1 aliphatic rings. The van der Waals surface area contributed by atoms with E-state index < -0.39 is 16.8 Å². The predicted molar refractivity (Wildman–Crippen MR) is 86.7 cm³/mol. The van der Waals surface area contributed by atoms with Gasteiger partial charge in [0.05, 0.1) is 16.9 Å². The van der Waals surface area contributed by atoms with E-state index in [1.807, 2.05) is 0 Å². The average molecular weight is 335 g/mol. The Labute approximate surface area is 139 Å². The van der Waals surface area contributed by atoms with Gasteiger partial charge < -0.3 is 15.3 Å². The van der Waals surface area contributed by atoms with Crippen LogP contribution in [0.2, 0.25) is 0 Å². The van der Waals surface area contributed by atoms with Crippen molar-refractivity contribution in [1.82, 2.24) is 10.2 Å².